The van der Waals surface area contributed by atoms with Gasteiger partial charge in [-0.3, -0.25) is 4.79 Å². The van der Waals surface area contributed by atoms with E-state index in [0.717, 1.165) is 16.8 Å². The van der Waals surface area contributed by atoms with Crippen LogP contribution in [-0.2, 0) is 23.0 Å². The predicted octanol–water partition coefficient (Wildman–Crippen LogP) is 1.03. The molecule has 0 saturated heterocycles. The molecule has 0 spiro atoms. The highest BCUT2D eigenvalue weighted by Gasteiger charge is 2.33. The average Bonchev–Trinajstić information content (AvgIpc) is 3.02. The number of sulfonamides is 1. The summed E-state index contributed by atoms with van der Waals surface area (Å²) in [7, 11) is -1.74. The summed E-state index contributed by atoms with van der Waals surface area (Å²) in [5, 5.41) is 7.68. The van der Waals surface area contributed by atoms with Crippen LogP contribution in [-0.4, -0.2) is 54.9 Å². The minimum absolute atomic E-state index is 0.134. The third-order valence-electron chi connectivity index (χ3n) is 5.40. The highest BCUT2D eigenvalue weighted by molar-refractivity contribution is 7.88. The van der Waals surface area contributed by atoms with Crippen molar-refractivity contribution >= 4 is 27.4 Å². The summed E-state index contributed by atoms with van der Waals surface area (Å²) >= 11 is 0. The van der Waals surface area contributed by atoms with E-state index in [4.69, 9.17) is 10.5 Å². The van der Waals surface area contributed by atoms with Crippen molar-refractivity contribution in [2.24, 2.45) is 0 Å². The number of ether oxygens (including phenoxy) is 1. The van der Waals surface area contributed by atoms with Crippen LogP contribution in [0.2, 0.25) is 0 Å². The number of rotatable bonds is 3. The molecule has 0 bridgehead atoms. The lowest BCUT2D eigenvalue weighted by molar-refractivity contribution is 0.0859. The maximum Gasteiger partial charge on any atom is 0.256 e. The SMILES string of the molecule is COc1ccc2c(c1)C(C(=O)n1nc3c(c1N)CCN(S(C)(=O)=O)C3)CCN2. The molecule has 0 amide bonds. The first kappa shape index (κ1) is 18.8. The maximum atomic E-state index is 13.3. The van der Waals surface area contributed by atoms with Crippen molar-refractivity contribution in [3.63, 3.8) is 0 Å². The second kappa shape index (κ2) is 6.78. The van der Waals surface area contributed by atoms with Crippen molar-refractivity contribution in [2.75, 3.05) is 37.5 Å². The molecule has 1 unspecified atom stereocenters. The Kier molecular flexibility index (Phi) is 4.54. The predicted molar refractivity (Wildman–Crippen MR) is 105 cm³/mol. The number of fused-ring (bicyclic) bond motifs is 2. The second-order valence-corrected chi connectivity index (χ2v) is 9.11. The van der Waals surface area contributed by atoms with Gasteiger partial charge in [0.15, 0.2) is 0 Å². The number of aromatic nitrogens is 2. The minimum atomic E-state index is -3.32. The standard InChI is InChI=1S/C18H23N5O4S/c1-27-11-3-4-15-14(9-11)12(5-7-20-15)18(24)23-17(19)13-6-8-22(28(2,25)26)10-16(13)21-23/h3-4,9,12,20H,5-8,10,19H2,1-2H3. The number of nitrogens with one attached hydrogen (secondary N) is 1. The molecule has 3 N–H and O–H groups in total. The quantitative estimate of drug-likeness (QED) is 0.783. The molecule has 0 aliphatic carbocycles. The number of hydrogen-bond donors (Lipinski definition) is 2. The molecule has 1 atom stereocenters. The van der Waals surface area contributed by atoms with Gasteiger partial charge in [-0.2, -0.15) is 14.1 Å². The van der Waals surface area contributed by atoms with Crippen molar-refractivity contribution in [3.8, 4) is 5.75 Å². The third kappa shape index (κ3) is 3.12. The van der Waals surface area contributed by atoms with Gasteiger partial charge in [-0.15, -0.1) is 0 Å². The number of nitrogens with two attached hydrogens (primary N) is 1. The Morgan fingerprint density at radius 3 is 2.89 bits per heavy atom. The Morgan fingerprint density at radius 2 is 2.18 bits per heavy atom. The first-order chi connectivity index (χ1) is 13.3. The summed E-state index contributed by atoms with van der Waals surface area (Å²) in [4.78, 5) is 13.3. The van der Waals surface area contributed by atoms with Crippen molar-refractivity contribution in [3.05, 3.63) is 35.0 Å². The molecule has 3 heterocycles. The fourth-order valence-corrected chi connectivity index (χ4v) is 4.65. The van der Waals surface area contributed by atoms with Gasteiger partial charge in [-0.05, 0) is 36.6 Å². The monoisotopic (exact) mass is 405 g/mol. The smallest absolute Gasteiger partial charge is 0.256 e. The fraction of sp³-hybridized carbons (Fsp3) is 0.444. The molecule has 2 aliphatic rings. The normalized spacial score (nSPS) is 19.4. The van der Waals surface area contributed by atoms with Crippen LogP contribution in [0.4, 0.5) is 11.5 Å². The van der Waals surface area contributed by atoms with Crippen LogP contribution in [0, 0.1) is 0 Å². The van der Waals surface area contributed by atoms with Crippen molar-refractivity contribution in [1.82, 2.24) is 14.1 Å². The average molecular weight is 405 g/mol. The molecule has 9 nitrogen and oxygen atoms in total. The van der Waals surface area contributed by atoms with Crippen molar-refractivity contribution in [1.29, 1.82) is 0 Å². The minimum Gasteiger partial charge on any atom is -0.497 e. The summed E-state index contributed by atoms with van der Waals surface area (Å²) in [6.45, 7) is 1.14. The van der Waals surface area contributed by atoms with Crippen LogP contribution in [0.25, 0.3) is 0 Å². The molecular weight excluding hydrogens is 382 g/mol. The molecule has 28 heavy (non-hydrogen) atoms. The number of nitrogen functional groups attached to an aromatic ring is 1. The number of nitrogens with zero attached hydrogens (tertiary/aromatic N) is 3. The molecule has 10 heteroatoms. The summed E-state index contributed by atoms with van der Waals surface area (Å²) in [5.41, 5.74) is 9.28. The molecule has 4 rings (SSSR count). The number of hydrogen-bond acceptors (Lipinski definition) is 7. The van der Waals surface area contributed by atoms with Gasteiger partial charge in [-0.25, -0.2) is 8.42 Å². The maximum absolute atomic E-state index is 13.3. The number of anilines is 2. The highest BCUT2D eigenvalue weighted by atomic mass is 32.2. The van der Waals surface area contributed by atoms with Gasteiger partial charge < -0.3 is 15.8 Å². The number of carbonyl (C=O) groups excluding carboxylic acids is 1. The number of carbonyl (C=O) groups is 1. The Balaban J connectivity index is 1.69. The third-order valence-corrected chi connectivity index (χ3v) is 6.65. The molecule has 0 saturated carbocycles. The Morgan fingerprint density at radius 1 is 1.39 bits per heavy atom. The van der Waals surface area contributed by atoms with E-state index in [-0.39, 0.29) is 12.5 Å². The van der Waals surface area contributed by atoms with E-state index in [9.17, 15) is 13.2 Å². The van der Waals surface area contributed by atoms with Gasteiger partial charge in [0.1, 0.15) is 11.6 Å². The highest BCUT2D eigenvalue weighted by Crippen LogP contribution is 2.36. The fourth-order valence-electron chi connectivity index (χ4n) is 3.87. The van der Waals surface area contributed by atoms with E-state index in [0.29, 0.717) is 43.2 Å². The first-order valence-electron chi connectivity index (χ1n) is 9.07. The molecule has 0 radical (unpaired) electrons. The van der Waals surface area contributed by atoms with E-state index in [2.05, 4.69) is 10.4 Å². The lowest BCUT2D eigenvalue weighted by atomic mass is 9.90. The molecule has 2 aliphatic heterocycles. The summed E-state index contributed by atoms with van der Waals surface area (Å²) in [6, 6.07) is 5.60. The first-order valence-corrected chi connectivity index (χ1v) is 10.9. The van der Waals surface area contributed by atoms with E-state index in [1.165, 1.54) is 15.2 Å². The summed E-state index contributed by atoms with van der Waals surface area (Å²) in [6.07, 6.45) is 2.22. The molecule has 1 aromatic heterocycles. The zero-order valence-electron chi connectivity index (χ0n) is 15.8. The zero-order chi connectivity index (χ0) is 20.1. The summed E-state index contributed by atoms with van der Waals surface area (Å²) in [5.74, 6) is 0.364. The van der Waals surface area contributed by atoms with Crippen LogP contribution in [0.3, 0.4) is 0 Å². The van der Waals surface area contributed by atoms with Gasteiger partial charge in [0.05, 0.1) is 31.5 Å². The molecule has 150 valence electrons. The van der Waals surface area contributed by atoms with Gasteiger partial charge in [-0.1, -0.05) is 0 Å². The van der Waals surface area contributed by atoms with Gasteiger partial charge in [0, 0.05) is 24.3 Å². The summed E-state index contributed by atoms with van der Waals surface area (Å²) < 4.78 is 31.6. The van der Waals surface area contributed by atoms with Crippen LogP contribution in [0.5, 0.6) is 5.75 Å². The Bertz CT molecular complexity index is 1050. The van der Waals surface area contributed by atoms with E-state index >= 15 is 0 Å². The molecular formula is C18H23N5O4S. The van der Waals surface area contributed by atoms with Crippen molar-refractivity contribution in [2.45, 2.75) is 25.3 Å². The van der Waals surface area contributed by atoms with Gasteiger partial charge in [0.25, 0.3) is 5.91 Å². The van der Waals surface area contributed by atoms with Crippen LogP contribution in [0.1, 0.15) is 34.0 Å². The Labute approximate surface area is 163 Å². The second-order valence-electron chi connectivity index (χ2n) is 7.13. The number of methoxy groups -OCH3 is 1. The van der Waals surface area contributed by atoms with Crippen LogP contribution in [0.15, 0.2) is 18.2 Å². The van der Waals surface area contributed by atoms with Crippen molar-refractivity contribution < 1.29 is 17.9 Å². The van der Waals surface area contributed by atoms with Crippen LogP contribution >= 0.6 is 0 Å². The van der Waals surface area contributed by atoms with E-state index < -0.39 is 15.9 Å². The largest absolute Gasteiger partial charge is 0.497 e. The molecule has 2 aromatic rings. The number of benzene rings is 1. The molecule has 0 fully saturated rings. The Hall–Kier alpha value is -2.59. The van der Waals surface area contributed by atoms with Gasteiger partial charge >= 0.3 is 0 Å². The molecule has 1 aromatic carbocycles. The lowest BCUT2D eigenvalue weighted by Gasteiger charge is -2.26. The van der Waals surface area contributed by atoms with Gasteiger partial charge in [0.2, 0.25) is 10.0 Å². The topological polar surface area (TPSA) is 120 Å². The zero-order valence-corrected chi connectivity index (χ0v) is 16.6. The van der Waals surface area contributed by atoms with Crippen LogP contribution < -0.4 is 15.8 Å². The van der Waals surface area contributed by atoms with E-state index in [1.807, 2.05) is 18.2 Å². The lowest BCUT2D eigenvalue weighted by Crippen LogP contribution is -2.35. The van der Waals surface area contributed by atoms with E-state index in [1.54, 1.807) is 7.11 Å².